The quantitative estimate of drug-likeness (QED) is 0.611. The summed E-state index contributed by atoms with van der Waals surface area (Å²) in [7, 11) is 1.93. The Kier molecular flexibility index (Phi) is 2.34. The number of hydrogen-bond donors (Lipinski definition) is 1. The normalized spacial score (nSPS) is 23.0. The minimum atomic E-state index is -1.12. The largest absolute Gasteiger partial charge is 0.480 e. The number of nitrogens with zero attached hydrogens (tertiary/aromatic N) is 2. The van der Waals surface area contributed by atoms with Gasteiger partial charge in [-0.25, -0.2) is 0 Å². The molecule has 1 aliphatic rings. The summed E-state index contributed by atoms with van der Waals surface area (Å²) in [5.74, 6) is -0.974. The predicted molar refractivity (Wildman–Crippen MR) is 42.4 cm³/mol. The molecule has 0 aromatic rings. The Morgan fingerprint density at radius 2 is 2.08 bits per heavy atom. The van der Waals surface area contributed by atoms with Gasteiger partial charge in [-0.2, -0.15) is 5.26 Å². The molecular formula is C8H12N2O2. The van der Waals surface area contributed by atoms with E-state index in [0.29, 0.717) is 25.9 Å². The highest BCUT2D eigenvalue weighted by Gasteiger charge is 2.41. The van der Waals surface area contributed by atoms with E-state index in [4.69, 9.17) is 10.4 Å². The zero-order valence-electron chi connectivity index (χ0n) is 7.08. The van der Waals surface area contributed by atoms with E-state index in [1.54, 1.807) is 0 Å². The van der Waals surface area contributed by atoms with Crippen molar-refractivity contribution in [2.75, 3.05) is 20.1 Å². The Morgan fingerprint density at radius 3 is 2.42 bits per heavy atom. The van der Waals surface area contributed by atoms with Crippen LogP contribution in [0.2, 0.25) is 0 Å². The van der Waals surface area contributed by atoms with Gasteiger partial charge in [0.2, 0.25) is 0 Å². The van der Waals surface area contributed by atoms with E-state index in [2.05, 4.69) is 0 Å². The summed E-state index contributed by atoms with van der Waals surface area (Å²) < 4.78 is 0. The standard InChI is InChI=1S/C8H12N2O2/c1-10-4-2-8(6-9,3-5-10)7(11)12/h2-5H2,1H3,(H,11,12). The van der Waals surface area contributed by atoms with Gasteiger partial charge in [0.25, 0.3) is 0 Å². The van der Waals surface area contributed by atoms with Gasteiger partial charge in [0.1, 0.15) is 0 Å². The Morgan fingerprint density at radius 1 is 1.58 bits per heavy atom. The maximum Gasteiger partial charge on any atom is 0.324 e. The van der Waals surface area contributed by atoms with Gasteiger partial charge in [0.15, 0.2) is 5.41 Å². The monoisotopic (exact) mass is 168 g/mol. The van der Waals surface area contributed by atoms with Gasteiger partial charge in [-0.05, 0) is 33.0 Å². The third kappa shape index (κ3) is 1.41. The maximum absolute atomic E-state index is 10.8. The second-order valence-electron chi connectivity index (χ2n) is 3.30. The van der Waals surface area contributed by atoms with Gasteiger partial charge in [0.05, 0.1) is 6.07 Å². The molecule has 0 aromatic heterocycles. The highest BCUT2D eigenvalue weighted by atomic mass is 16.4. The summed E-state index contributed by atoms with van der Waals surface area (Å²) in [5.41, 5.74) is -1.12. The summed E-state index contributed by atoms with van der Waals surface area (Å²) in [6.07, 6.45) is 0.880. The van der Waals surface area contributed by atoms with E-state index in [1.165, 1.54) is 0 Å². The van der Waals surface area contributed by atoms with Gasteiger partial charge in [-0.1, -0.05) is 0 Å². The van der Waals surface area contributed by atoms with Crippen molar-refractivity contribution in [2.45, 2.75) is 12.8 Å². The number of nitriles is 1. The summed E-state index contributed by atoms with van der Waals surface area (Å²) in [6, 6.07) is 1.91. The molecule has 66 valence electrons. The molecule has 1 fully saturated rings. The number of likely N-dealkylation sites (tertiary alicyclic amines) is 1. The number of hydrogen-bond acceptors (Lipinski definition) is 3. The van der Waals surface area contributed by atoms with Crippen LogP contribution in [0.1, 0.15) is 12.8 Å². The van der Waals surface area contributed by atoms with E-state index >= 15 is 0 Å². The molecule has 0 radical (unpaired) electrons. The molecule has 4 heteroatoms. The van der Waals surface area contributed by atoms with Crippen LogP contribution in [0.15, 0.2) is 0 Å². The fourth-order valence-corrected chi connectivity index (χ4v) is 1.37. The summed E-state index contributed by atoms with van der Waals surface area (Å²) in [6.45, 7) is 1.39. The van der Waals surface area contributed by atoms with Gasteiger partial charge in [0, 0.05) is 0 Å². The van der Waals surface area contributed by atoms with E-state index in [0.717, 1.165) is 0 Å². The molecular weight excluding hydrogens is 156 g/mol. The van der Waals surface area contributed by atoms with Gasteiger partial charge in [-0.15, -0.1) is 0 Å². The lowest BCUT2D eigenvalue weighted by Gasteiger charge is -2.31. The predicted octanol–water partition coefficient (Wildman–Crippen LogP) is 0.307. The lowest BCUT2D eigenvalue weighted by molar-refractivity contribution is -0.147. The molecule has 0 aromatic carbocycles. The minimum absolute atomic E-state index is 0.440. The molecule has 0 atom stereocenters. The van der Waals surface area contributed by atoms with E-state index in [1.807, 2.05) is 18.0 Å². The number of carboxylic acids is 1. The number of rotatable bonds is 1. The smallest absolute Gasteiger partial charge is 0.324 e. The zero-order chi connectivity index (χ0) is 9.19. The number of carboxylic acid groups (broad SMARTS) is 1. The van der Waals surface area contributed by atoms with Crippen molar-refractivity contribution in [3.63, 3.8) is 0 Å². The van der Waals surface area contributed by atoms with E-state index in [-0.39, 0.29) is 0 Å². The molecule has 0 unspecified atom stereocenters. The molecule has 1 saturated heterocycles. The Balaban J connectivity index is 2.72. The molecule has 4 nitrogen and oxygen atoms in total. The molecule has 1 rings (SSSR count). The van der Waals surface area contributed by atoms with Gasteiger partial charge in [-0.3, -0.25) is 4.79 Å². The topological polar surface area (TPSA) is 64.3 Å². The molecule has 12 heavy (non-hydrogen) atoms. The first-order valence-corrected chi connectivity index (χ1v) is 3.94. The average molecular weight is 168 g/mol. The van der Waals surface area contributed by atoms with Crippen molar-refractivity contribution in [2.24, 2.45) is 5.41 Å². The molecule has 0 spiro atoms. The molecule has 0 bridgehead atoms. The van der Waals surface area contributed by atoms with Crippen LogP contribution in [0.5, 0.6) is 0 Å². The fraction of sp³-hybridized carbons (Fsp3) is 0.750. The van der Waals surface area contributed by atoms with Crippen LogP contribution in [-0.2, 0) is 4.79 Å². The third-order valence-corrected chi connectivity index (χ3v) is 2.46. The van der Waals surface area contributed by atoms with Crippen molar-refractivity contribution in [3.8, 4) is 6.07 Å². The lowest BCUT2D eigenvalue weighted by atomic mass is 9.80. The molecule has 1 aliphatic heterocycles. The fourth-order valence-electron chi connectivity index (χ4n) is 1.37. The van der Waals surface area contributed by atoms with Crippen LogP contribution >= 0.6 is 0 Å². The lowest BCUT2D eigenvalue weighted by Crippen LogP contribution is -2.41. The number of aliphatic carboxylic acids is 1. The van der Waals surface area contributed by atoms with Crippen molar-refractivity contribution < 1.29 is 9.90 Å². The number of carbonyl (C=O) groups is 1. The van der Waals surface area contributed by atoms with Gasteiger partial charge >= 0.3 is 5.97 Å². The second-order valence-corrected chi connectivity index (χ2v) is 3.30. The first-order valence-electron chi connectivity index (χ1n) is 3.94. The summed E-state index contributed by atoms with van der Waals surface area (Å²) >= 11 is 0. The van der Waals surface area contributed by atoms with Crippen molar-refractivity contribution in [1.29, 1.82) is 5.26 Å². The van der Waals surface area contributed by atoms with Crippen LogP contribution in [0.4, 0.5) is 0 Å². The summed E-state index contributed by atoms with van der Waals surface area (Å²) in [5, 5.41) is 17.6. The Bertz CT molecular complexity index is 224. The van der Waals surface area contributed by atoms with Crippen LogP contribution in [-0.4, -0.2) is 36.1 Å². The van der Waals surface area contributed by atoms with Crippen LogP contribution < -0.4 is 0 Å². The Hall–Kier alpha value is -1.08. The Labute approximate surface area is 71.4 Å². The molecule has 1 heterocycles. The van der Waals surface area contributed by atoms with Crippen LogP contribution in [0.25, 0.3) is 0 Å². The molecule has 0 amide bonds. The first kappa shape index (κ1) is 9.01. The maximum atomic E-state index is 10.8. The van der Waals surface area contributed by atoms with E-state index in [9.17, 15) is 4.79 Å². The summed E-state index contributed by atoms with van der Waals surface area (Å²) in [4.78, 5) is 12.8. The number of piperidine rings is 1. The molecule has 0 aliphatic carbocycles. The average Bonchev–Trinajstić information content (AvgIpc) is 2.06. The minimum Gasteiger partial charge on any atom is -0.480 e. The third-order valence-electron chi connectivity index (χ3n) is 2.46. The highest BCUT2D eigenvalue weighted by molar-refractivity contribution is 5.78. The molecule has 0 saturated carbocycles. The van der Waals surface area contributed by atoms with Crippen LogP contribution in [0.3, 0.4) is 0 Å². The van der Waals surface area contributed by atoms with E-state index < -0.39 is 11.4 Å². The van der Waals surface area contributed by atoms with Gasteiger partial charge < -0.3 is 10.0 Å². The van der Waals surface area contributed by atoms with Crippen molar-refractivity contribution >= 4 is 5.97 Å². The first-order chi connectivity index (χ1) is 5.60. The second kappa shape index (κ2) is 3.11. The zero-order valence-corrected chi connectivity index (χ0v) is 7.08. The van der Waals surface area contributed by atoms with Crippen molar-refractivity contribution in [3.05, 3.63) is 0 Å². The highest BCUT2D eigenvalue weighted by Crippen LogP contribution is 2.30. The SMILES string of the molecule is CN1CCC(C#N)(C(=O)O)CC1. The van der Waals surface area contributed by atoms with Crippen LogP contribution in [0, 0.1) is 16.7 Å². The van der Waals surface area contributed by atoms with Crippen molar-refractivity contribution in [1.82, 2.24) is 4.90 Å². The molecule has 1 N–H and O–H groups in total.